The van der Waals surface area contributed by atoms with Crippen molar-refractivity contribution in [3.05, 3.63) is 82.9 Å². The van der Waals surface area contributed by atoms with Gasteiger partial charge in [0.1, 0.15) is 10.6 Å². The molecule has 0 aliphatic heterocycles. The summed E-state index contributed by atoms with van der Waals surface area (Å²) in [6.07, 6.45) is 1.56. The van der Waals surface area contributed by atoms with E-state index < -0.39 is 16.7 Å². The number of benzene rings is 3. The lowest BCUT2D eigenvalue weighted by Crippen LogP contribution is -2.27. The highest BCUT2D eigenvalue weighted by Gasteiger charge is 2.24. The van der Waals surface area contributed by atoms with Gasteiger partial charge in [0, 0.05) is 12.1 Å². The molecule has 3 rings (SSSR count). The molecular formula is C29H35NO7S. The van der Waals surface area contributed by atoms with Crippen molar-refractivity contribution in [1.29, 1.82) is 0 Å². The van der Waals surface area contributed by atoms with Gasteiger partial charge in [-0.3, -0.25) is 4.79 Å². The molecule has 9 heteroatoms. The monoisotopic (exact) mass is 541 g/mol. The average molecular weight is 542 g/mol. The molecule has 204 valence electrons. The fourth-order valence-corrected chi connectivity index (χ4v) is 5.10. The summed E-state index contributed by atoms with van der Waals surface area (Å²) in [6.45, 7) is 4.16. The maximum Gasteiger partial charge on any atom is 0.339 e. The third kappa shape index (κ3) is 7.05. The Labute approximate surface area is 224 Å². The molecule has 0 aliphatic carbocycles. The minimum Gasteiger partial charge on any atom is -0.496 e. The van der Waals surface area contributed by atoms with Gasteiger partial charge in [-0.15, -0.1) is 0 Å². The number of amides is 1. The zero-order chi connectivity index (χ0) is 27.7. The van der Waals surface area contributed by atoms with Crippen LogP contribution in [0.2, 0.25) is 0 Å². The summed E-state index contributed by atoms with van der Waals surface area (Å²) in [5.41, 5.74) is 2.84. The Hall–Kier alpha value is -3.56. The van der Waals surface area contributed by atoms with Gasteiger partial charge in [0.05, 0.1) is 27.2 Å². The third-order valence-corrected chi connectivity index (χ3v) is 7.68. The lowest BCUT2D eigenvalue weighted by atomic mass is 9.95. The number of nitrogens with one attached hydrogen (secondary N) is 1. The highest BCUT2D eigenvalue weighted by Crippen LogP contribution is 2.36. The van der Waals surface area contributed by atoms with Gasteiger partial charge in [0.15, 0.2) is 11.5 Å². The molecule has 1 atom stereocenters. The normalized spacial score (nSPS) is 12.0. The highest BCUT2D eigenvalue weighted by molar-refractivity contribution is 7.87. The predicted molar refractivity (Wildman–Crippen MR) is 145 cm³/mol. The molecular weight excluding hydrogens is 506 g/mol. The average Bonchev–Trinajstić information content (AvgIpc) is 2.93. The fourth-order valence-electron chi connectivity index (χ4n) is 4.11. The molecule has 0 radical (unpaired) electrons. The highest BCUT2D eigenvalue weighted by atomic mass is 32.2. The molecule has 3 aromatic rings. The molecule has 0 spiro atoms. The second-order valence-electron chi connectivity index (χ2n) is 8.91. The molecule has 1 amide bonds. The van der Waals surface area contributed by atoms with E-state index in [1.165, 1.54) is 25.3 Å². The van der Waals surface area contributed by atoms with Crippen LogP contribution in [0.25, 0.3) is 0 Å². The second kappa shape index (κ2) is 13.3. The summed E-state index contributed by atoms with van der Waals surface area (Å²) in [5, 5.41) is 13.0. The van der Waals surface area contributed by atoms with Crippen molar-refractivity contribution < 1.29 is 32.0 Å². The van der Waals surface area contributed by atoms with Gasteiger partial charge < -0.3 is 24.1 Å². The quantitative estimate of drug-likeness (QED) is 0.309. The van der Waals surface area contributed by atoms with E-state index >= 15 is 0 Å². The lowest BCUT2D eigenvalue weighted by Gasteiger charge is -2.17. The SMILES string of the molecule is CCC(C)c1cc(CCNC(=O)Cc2ccc(OC)c(OS(=O)(=O)c3ccccc3)c2CO)ccc1OC. The van der Waals surface area contributed by atoms with Crippen LogP contribution in [0.4, 0.5) is 0 Å². The maximum atomic E-state index is 12.8. The number of aliphatic hydroxyl groups is 1. The molecule has 3 aromatic carbocycles. The first kappa shape index (κ1) is 29.0. The largest absolute Gasteiger partial charge is 0.496 e. The van der Waals surface area contributed by atoms with Crippen LogP contribution in [0.15, 0.2) is 65.6 Å². The third-order valence-electron chi connectivity index (χ3n) is 6.45. The molecule has 0 bridgehead atoms. The Morgan fingerprint density at radius 2 is 1.68 bits per heavy atom. The van der Waals surface area contributed by atoms with Crippen molar-refractivity contribution in [3.8, 4) is 17.2 Å². The standard InChI is InChI=1S/C29H35NO7S/c1-5-20(2)24-17-21(11-13-26(24)35-3)15-16-30-28(32)18-22-12-14-27(36-4)29(25(22)19-31)37-38(33,34)23-9-7-6-8-10-23/h6-14,17,20,31H,5,15-16,18-19H2,1-4H3,(H,30,32). The topological polar surface area (TPSA) is 111 Å². The van der Waals surface area contributed by atoms with Crippen molar-refractivity contribution in [3.63, 3.8) is 0 Å². The first-order valence-corrected chi connectivity index (χ1v) is 13.9. The number of aliphatic hydroxyl groups excluding tert-OH is 1. The van der Waals surface area contributed by atoms with E-state index in [0.29, 0.717) is 24.4 Å². The van der Waals surface area contributed by atoms with Crippen LogP contribution in [-0.2, 0) is 34.4 Å². The van der Waals surface area contributed by atoms with Crippen molar-refractivity contribution in [1.82, 2.24) is 5.32 Å². The summed E-state index contributed by atoms with van der Waals surface area (Å²) < 4.78 is 41.8. The van der Waals surface area contributed by atoms with Crippen LogP contribution in [0, 0.1) is 0 Å². The molecule has 0 aromatic heterocycles. The predicted octanol–water partition coefficient (Wildman–Crippen LogP) is 4.38. The molecule has 0 fully saturated rings. The van der Waals surface area contributed by atoms with Gasteiger partial charge >= 0.3 is 10.1 Å². The first-order chi connectivity index (χ1) is 18.2. The molecule has 8 nitrogen and oxygen atoms in total. The summed E-state index contributed by atoms with van der Waals surface area (Å²) in [6, 6.07) is 16.9. The van der Waals surface area contributed by atoms with Gasteiger partial charge in [-0.25, -0.2) is 0 Å². The minimum absolute atomic E-state index is 0.0379. The van der Waals surface area contributed by atoms with Crippen LogP contribution in [-0.4, -0.2) is 40.2 Å². The second-order valence-corrected chi connectivity index (χ2v) is 10.5. The molecule has 38 heavy (non-hydrogen) atoms. The van der Waals surface area contributed by atoms with Crippen LogP contribution >= 0.6 is 0 Å². The van der Waals surface area contributed by atoms with E-state index in [2.05, 4.69) is 25.2 Å². The fraction of sp³-hybridized carbons (Fsp3) is 0.345. The van der Waals surface area contributed by atoms with E-state index in [4.69, 9.17) is 13.7 Å². The Bertz CT molecular complexity index is 1340. The van der Waals surface area contributed by atoms with Crippen LogP contribution in [0.1, 0.15) is 48.4 Å². The zero-order valence-electron chi connectivity index (χ0n) is 22.2. The van der Waals surface area contributed by atoms with E-state index in [1.807, 2.05) is 12.1 Å². The number of hydrogen-bond donors (Lipinski definition) is 2. The maximum absolute atomic E-state index is 12.8. The molecule has 0 saturated carbocycles. The first-order valence-electron chi connectivity index (χ1n) is 12.5. The van der Waals surface area contributed by atoms with Crippen molar-refractivity contribution in [2.24, 2.45) is 0 Å². The number of hydrogen-bond acceptors (Lipinski definition) is 7. The number of ether oxygens (including phenoxy) is 2. The molecule has 0 aliphatic rings. The van der Waals surface area contributed by atoms with Gasteiger partial charge in [-0.1, -0.05) is 50.2 Å². The van der Waals surface area contributed by atoms with Gasteiger partial charge in [-0.2, -0.15) is 8.42 Å². The minimum atomic E-state index is -4.19. The smallest absolute Gasteiger partial charge is 0.339 e. The number of rotatable bonds is 13. The summed E-state index contributed by atoms with van der Waals surface area (Å²) >= 11 is 0. The molecule has 1 unspecified atom stereocenters. The van der Waals surface area contributed by atoms with E-state index in [9.17, 15) is 18.3 Å². The van der Waals surface area contributed by atoms with Crippen molar-refractivity contribution in [2.45, 2.75) is 50.5 Å². The van der Waals surface area contributed by atoms with E-state index in [-0.39, 0.29) is 34.3 Å². The Morgan fingerprint density at radius 3 is 2.32 bits per heavy atom. The van der Waals surface area contributed by atoms with Crippen LogP contribution in [0.3, 0.4) is 0 Å². The van der Waals surface area contributed by atoms with Crippen LogP contribution in [0.5, 0.6) is 17.2 Å². The van der Waals surface area contributed by atoms with E-state index in [0.717, 1.165) is 23.3 Å². The Morgan fingerprint density at radius 1 is 1.00 bits per heavy atom. The lowest BCUT2D eigenvalue weighted by molar-refractivity contribution is -0.120. The van der Waals surface area contributed by atoms with Crippen molar-refractivity contribution in [2.75, 3.05) is 20.8 Å². The van der Waals surface area contributed by atoms with Gasteiger partial charge in [0.25, 0.3) is 0 Å². The van der Waals surface area contributed by atoms with Gasteiger partial charge in [0.2, 0.25) is 5.91 Å². The Kier molecular flexibility index (Phi) is 10.2. The van der Waals surface area contributed by atoms with Crippen LogP contribution < -0.4 is 19.0 Å². The van der Waals surface area contributed by atoms with E-state index in [1.54, 1.807) is 31.4 Å². The number of carbonyl (C=O) groups is 1. The van der Waals surface area contributed by atoms with Crippen molar-refractivity contribution >= 4 is 16.0 Å². The number of methoxy groups -OCH3 is 2. The number of carbonyl (C=O) groups excluding carboxylic acids is 1. The summed E-state index contributed by atoms with van der Waals surface area (Å²) in [5.74, 6) is 0.941. The molecule has 0 heterocycles. The Balaban J connectivity index is 1.73. The molecule has 2 N–H and O–H groups in total. The zero-order valence-corrected chi connectivity index (χ0v) is 23.0. The molecule has 0 saturated heterocycles. The summed E-state index contributed by atoms with van der Waals surface area (Å²) in [7, 11) is -1.15. The van der Waals surface area contributed by atoms with Gasteiger partial charge in [-0.05, 0) is 59.7 Å². The summed E-state index contributed by atoms with van der Waals surface area (Å²) in [4.78, 5) is 12.7.